The number of aromatic nitrogens is 2. The molecule has 2 rings (SSSR count). The van der Waals surface area contributed by atoms with Crippen molar-refractivity contribution in [2.75, 3.05) is 0 Å². The summed E-state index contributed by atoms with van der Waals surface area (Å²) in [5, 5.41) is 0. The van der Waals surface area contributed by atoms with Crippen LogP contribution in [0.25, 0.3) is 11.0 Å². The van der Waals surface area contributed by atoms with Gasteiger partial charge >= 0.3 is 0 Å². The van der Waals surface area contributed by atoms with E-state index in [1.54, 1.807) is 6.92 Å². The second kappa shape index (κ2) is 2.94. The minimum Gasteiger partial charge on any atom is -0.319 e. The highest BCUT2D eigenvalue weighted by Crippen LogP contribution is 2.14. The van der Waals surface area contributed by atoms with Crippen molar-refractivity contribution < 1.29 is 0 Å². The molecule has 0 atom stereocenters. The van der Waals surface area contributed by atoms with E-state index in [1.807, 2.05) is 26.0 Å². The molecule has 0 aliphatic rings. The van der Waals surface area contributed by atoms with Gasteiger partial charge in [-0.25, -0.2) is 4.98 Å². The summed E-state index contributed by atoms with van der Waals surface area (Å²) in [5.74, 6) is 0. The minimum atomic E-state index is -0.110. The fourth-order valence-corrected chi connectivity index (χ4v) is 1.44. The maximum atomic E-state index is 11.3. The first-order chi connectivity index (χ1) is 6.58. The van der Waals surface area contributed by atoms with Crippen LogP contribution in [-0.2, 0) is 0 Å². The summed E-state index contributed by atoms with van der Waals surface area (Å²) in [6, 6.07) is 3.95. The lowest BCUT2D eigenvalue weighted by Gasteiger charge is -2.03. The zero-order chi connectivity index (χ0) is 10.3. The Hall–Kier alpha value is -1.64. The number of H-pyrrole nitrogens is 1. The number of aryl methyl sites for hydroxylation is 3. The first-order valence-electron chi connectivity index (χ1n) is 4.56. The van der Waals surface area contributed by atoms with Crippen LogP contribution in [-0.4, -0.2) is 9.97 Å². The van der Waals surface area contributed by atoms with Crippen LogP contribution in [0.15, 0.2) is 16.9 Å². The number of hydrogen-bond donors (Lipinski definition) is 1. The van der Waals surface area contributed by atoms with Crippen molar-refractivity contribution in [2.45, 2.75) is 20.8 Å². The molecule has 0 unspecified atom stereocenters. The van der Waals surface area contributed by atoms with Gasteiger partial charge in [0.2, 0.25) is 0 Å². The van der Waals surface area contributed by atoms with Gasteiger partial charge in [0.25, 0.3) is 5.56 Å². The van der Waals surface area contributed by atoms with Gasteiger partial charge in [-0.15, -0.1) is 0 Å². The largest absolute Gasteiger partial charge is 0.319 e. The molecule has 14 heavy (non-hydrogen) atoms. The number of nitrogens with zero attached hydrogens (tertiary/aromatic N) is 1. The molecule has 3 nitrogen and oxygen atoms in total. The molecule has 0 aliphatic carbocycles. The van der Waals surface area contributed by atoms with Gasteiger partial charge in [0.1, 0.15) is 5.69 Å². The third-order valence-electron chi connectivity index (χ3n) is 2.48. The summed E-state index contributed by atoms with van der Waals surface area (Å²) >= 11 is 0. The highest BCUT2D eigenvalue weighted by molar-refractivity contribution is 5.75. The van der Waals surface area contributed by atoms with Crippen LogP contribution in [0.1, 0.15) is 16.8 Å². The SMILES string of the molecule is Cc1cc2nc(C)c(=O)[nH]c2cc1C. The first-order valence-corrected chi connectivity index (χ1v) is 4.56. The molecule has 0 saturated heterocycles. The van der Waals surface area contributed by atoms with Crippen molar-refractivity contribution in [1.29, 1.82) is 0 Å². The van der Waals surface area contributed by atoms with Gasteiger partial charge in [-0.2, -0.15) is 0 Å². The summed E-state index contributed by atoms with van der Waals surface area (Å²) < 4.78 is 0. The number of fused-ring (bicyclic) bond motifs is 1. The normalized spacial score (nSPS) is 10.8. The fourth-order valence-electron chi connectivity index (χ4n) is 1.44. The van der Waals surface area contributed by atoms with E-state index in [0.717, 1.165) is 11.0 Å². The maximum absolute atomic E-state index is 11.3. The van der Waals surface area contributed by atoms with Crippen molar-refractivity contribution in [3.8, 4) is 0 Å². The molecular formula is C11H12N2O. The molecular weight excluding hydrogens is 176 g/mol. The summed E-state index contributed by atoms with van der Waals surface area (Å²) in [6.07, 6.45) is 0. The van der Waals surface area contributed by atoms with E-state index in [9.17, 15) is 4.79 Å². The van der Waals surface area contributed by atoms with E-state index in [1.165, 1.54) is 11.1 Å². The Morgan fingerprint density at radius 2 is 1.79 bits per heavy atom. The second-order valence-electron chi connectivity index (χ2n) is 3.60. The third-order valence-corrected chi connectivity index (χ3v) is 2.48. The lowest BCUT2D eigenvalue weighted by Crippen LogP contribution is -2.11. The summed E-state index contributed by atoms with van der Waals surface area (Å²) in [5.41, 5.74) is 4.42. The molecule has 0 fully saturated rings. The Morgan fingerprint density at radius 1 is 1.14 bits per heavy atom. The number of nitrogens with one attached hydrogen (secondary N) is 1. The summed E-state index contributed by atoms with van der Waals surface area (Å²) in [6.45, 7) is 5.78. The number of hydrogen-bond acceptors (Lipinski definition) is 2. The average Bonchev–Trinajstić information content (AvgIpc) is 2.11. The van der Waals surface area contributed by atoms with Gasteiger partial charge in [0.15, 0.2) is 0 Å². The van der Waals surface area contributed by atoms with Crippen LogP contribution in [0.3, 0.4) is 0 Å². The van der Waals surface area contributed by atoms with Gasteiger partial charge in [-0.1, -0.05) is 0 Å². The topological polar surface area (TPSA) is 45.8 Å². The summed E-state index contributed by atoms with van der Waals surface area (Å²) in [7, 11) is 0. The molecule has 0 bridgehead atoms. The minimum absolute atomic E-state index is 0.110. The Labute approximate surface area is 81.8 Å². The second-order valence-corrected chi connectivity index (χ2v) is 3.60. The standard InChI is InChI=1S/C11H12N2O/c1-6-4-9-10(5-7(6)2)13-11(14)8(3)12-9/h4-5H,1-3H3,(H,13,14). The van der Waals surface area contributed by atoms with Crippen LogP contribution < -0.4 is 5.56 Å². The maximum Gasteiger partial charge on any atom is 0.269 e. The molecule has 2 aromatic rings. The molecule has 1 aromatic carbocycles. The smallest absolute Gasteiger partial charge is 0.269 e. The van der Waals surface area contributed by atoms with Crippen molar-refractivity contribution in [1.82, 2.24) is 9.97 Å². The van der Waals surface area contributed by atoms with E-state index < -0.39 is 0 Å². The molecule has 0 amide bonds. The highest BCUT2D eigenvalue weighted by Gasteiger charge is 2.02. The lowest BCUT2D eigenvalue weighted by atomic mass is 10.1. The number of rotatable bonds is 0. The summed E-state index contributed by atoms with van der Waals surface area (Å²) in [4.78, 5) is 18.4. The molecule has 1 heterocycles. The predicted molar refractivity (Wildman–Crippen MR) is 56.6 cm³/mol. The first kappa shape index (κ1) is 8.94. The van der Waals surface area contributed by atoms with E-state index in [-0.39, 0.29) is 5.56 Å². The van der Waals surface area contributed by atoms with Gasteiger partial charge in [-0.3, -0.25) is 4.79 Å². The molecule has 0 aliphatic heterocycles. The lowest BCUT2D eigenvalue weighted by molar-refractivity contribution is 1.12. The Morgan fingerprint density at radius 3 is 2.50 bits per heavy atom. The molecule has 0 saturated carbocycles. The van der Waals surface area contributed by atoms with Crippen molar-refractivity contribution >= 4 is 11.0 Å². The van der Waals surface area contributed by atoms with E-state index >= 15 is 0 Å². The monoisotopic (exact) mass is 188 g/mol. The average molecular weight is 188 g/mol. The number of aromatic amines is 1. The van der Waals surface area contributed by atoms with Gasteiger partial charge < -0.3 is 4.98 Å². The van der Waals surface area contributed by atoms with Crippen LogP contribution >= 0.6 is 0 Å². The van der Waals surface area contributed by atoms with Gasteiger partial charge in [0.05, 0.1) is 11.0 Å². The van der Waals surface area contributed by atoms with E-state index in [0.29, 0.717) is 5.69 Å². The third kappa shape index (κ3) is 1.31. The van der Waals surface area contributed by atoms with Gasteiger partial charge in [-0.05, 0) is 44.0 Å². The predicted octanol–water partition coefficient (Wildman–Crippen LogP) is 1.85. The molecule has 1 N–H and O–H groups in total. The Balaban J connectivity index is 2.90. The van der Waals surface area contributed by atoms with Crippen LogP contribution in [0.4, 0.5) is 0 Å². The van der Waals surface area contributed by atoms with Crippen LogP contribution in [0, 0.1) is 20.8 Å². The Kier molecular flexibility index (Phi) is 1.88. The zero-order valence-electron chi connectivity index (χ0n) is 8.51. The Bertz CT molecular complexity index is 555. The van der Waals surface area contributed by atoms with Crippen molar-refractivity contribution in [2.24, 2.45) is 0 Å². The molecule has 0 spiro atoms. The highest BCUT2D eigenvalue weighted by atomic mass is 16.1. The molecule has 0 radical (unpaired) electrons. The van der Waals surface area contributed by atoms with Gasteiger partial charge in [0, 0.05) is 0 Å². The molecule has 72 valence electrons. The molecule has 3 heteroatoms. The van der Waals surface area contributed by atoms with E-state index in [2.05, 4.69) is 9.97 Å². The van der Waals surface area contributed by atoms with E-state index in [4.69, 9.17) is 0 Å². The zero-order valence-corrected chi connectivity index (χ0v) is 8.51. The number of benzene rings is 1. The van der Waals surface area contributed by atoms with Crippen LogP contribution in [0.2, 0.25) is 0 Å². The van der Waals surface area contributed by atoms with Crippen molar-refractivity contribution in [3.63, 3.8) is 0 Å². The molecule has 1 aromatic heterocycles. The quantitative estimate of drug-likeness (QED) is 0.685. The fraction of sp³-hybridized carbons (Fsp3) is 0.273. The van der Waals surface area contributed by atoms with Crippen LogP contribution in [0.5, 0.6) is 0 Å². The van der Waals surface area contributed by atoms with Crippen molar-refractivity contribution in [3.05, 3.63) is 39.3 Å².